The van der Waals surface area contributed by atoms with Gasteiger partial charge in [0.05, 0.1) is 6.54 Å². The number of rotatable bonds is 3. The van der Waals surface area contributed by atoms with Crippen LogP contribution in [0.2, 0.25) is 0 Å². The van der Waals surface area contributed by atoms with Crippen LogP contribution in [0, 0.1) is 13.8 Å². The minimum Gasteiger partial charge on any atom is -0.324 e. The first-order valence-corrected chi connectivity index (χ1v) is 7.56. The predicted octanol–water partition coefficient (Wildman–Crippen LogP) is 4.25. The van der Waals surface area contributed by atoms with Crippen molar-refractivity contribution in [2.75, 3.05) is 0 Å². The highest BCUT2D eigenvalue weighted by molar-refractivity contribution is 9.10. The zero-order valence-corrected chi connectivity index (χ0v) is 13.5. The van der Waals surface area contributed by atoms with E-state index in [1.807, 2.05) is 54.1 Å². The van der Waals surface area contributed by atoms with Gasteiger partial charge in [0.1, 0.15) is 5.82 Å². The molecule has 3 rings (SSSR count). The number of hydrogen-bond acceptors (Lipinski definition) is 2. The predicted molar refractivity (Wildman–Crippen MR) is 86.8 cm³/mol. The number of Topliss-reactive ketones (excluding diaryl/α,β-unsaturated/α-hetero) is 1. The molecule has 0 fully saturated rings. The summed E-state index contributed by atoms with van der Waals surface area (Å²) >= 11 is 3.51. The van der Waals surface area contributed by atoms with E-state index < -0.39 is 0 Å². The molecule has 21 heavy (non-hydrogen) atoms. The number of aromatic nitrogens is 2. The van der Waals surface area contributed by atoms with E-state index in [0.29, 0.717) is 0 Å². The van der Waals surface area contributed by atoms with Crippen LogP contribution in [0.1, 0.15) is 21.6 Å². The number of carbonyl (C=O) groups is 1. The number of pyridine rings is 1. The van der Waals surface area contributed by atoms with Crippen molar-refractivity contribution >= 4 is 21.7 Å². The van der Waals surface area contributed by atoms with Crippen LogP contribution in [-0.2, 0) is 6.54 Å². The first-order valence-electron chi connectivity index (χ1n) is 6.77. The summed E-state index contributed by atoms with van der Waals surface area (Å²) in [5.41, 5.74) is 3.97. The van der Waals surface area contributed by atoms with E-state index in [4.69, 9.17) is 0 Å². The summed E-state index contributed by atoms with van der Waals surface area (Å²) in [6.45, 7) is 4.34. The minimum absolute atomic E-state index is 0.0818. The summed E-state index contributed by atoms with van der Waals surface area (Å²) in [4.78, 5) is 17.0. The molecule has 2 aliphatic rings. The Morgan fingerprint density at radius 3 is 2.67 bits per heavy atom. The third-order valence-electron chi connectivity index (χ3n) is 3.70. The Morgan fingerprint density at radius 1 is 1.24 bits per heavy atom. The zero-order chi connectivity index (χ0) is 15.0. The Bertz CT molecular complexity index is 777. The Labute approximate surface area is 132 Å². The molecular formula is C17H15BrN2O. The maximum Gasteiger partial charge on any atom is 0.182 e. The normalized spacial score (nSPS) is 11.0. The molecule has 0 amide bonds. The van der Waals surface area contributed by atoms with E-state index in [1.54, 1.807) is 0 Å². The molecule has 4 heteroatoms. The average molecular weight is 343 g/mol. The van der Waals surface area contributed by atoms with Gasteiger partial charge >= 0.3 is 0 Å². The quantitative estimate of drug-likeness (QED) is 0.667. The second-order valence-corrected chi connectivity index (χ2v) is 6.05. The lowest BCUT2D eigenvalue weighted by Gasteiger charge is -2.12. The van der Waals surface area contributed by atoms with Crippen molar-refractivity contribution in [1.82, 2.24) is 9.55 Å². The van der Waals surface area contributed by atoms with Crippen LogP contribution in [0.3, 0.4) is 0 Å². The average Bonchev–Trinajstić information content (AvgIpc) is 2.76. The zero-order valence-electron chi connectivity index (χ0n) is 11.9. The Hall–Kier alpha value is -1.94. The number of carbonyl (C=O) groups excluding carboxylic acids is 1. The number of ketones is 1. The van der Waals surface area contributed by atoms with Gasteiger partial charge in [-0.25, -0.2) is 4.98 Å². The van der Waals surface area contributed by atoms with Gasteiger partial charge in [0.2, 0.25) is 0 Å². The SMILES string of the molecule is Cc1nc2n(CC(=O)c3ccccc3)cc(Br)cc-2c1C. The number of halogens is 1. The molecule has 0 unspecified atom stereocenters. The molecule has 0 N–H and O–H groups in total. The summed E-state index contributed by atoms with van der Waals surface area (Å²) in [7, 11) is 0. The van der Waals surface area contributed by atoms with Gasteiger partial charge in [0.15, 0.2) is 5.78 Å². The highest BCUT2D eigenvalue weighted by Crippen LogP contribution is 2.30. The summed E-state index contributed by atoms with van der Waals surface area (Å²) in [5, 5.41) is 0. The molecule has 0 aromatic heterocycles. The van der Waals surface area contributed by atoms with Crippen LogP contribution in [0.4, 0.5) is 0 Å². The van der Waals surface area contributed by atoms with Crippen LogP contribution in [0.15, 0.2) is 47.1 Å². The number of benzene rings is 1. The summed E-state index contributed by atoms with van der Waals surface area (Å²) < 4.78 is 2.86. The van der Waals surface area contributed by atoms with Crippen molar-refractivity contribution in [1.29, 1.82) is 0 Å². The van der Waals surface area contributed by atoms with Crippen LogP contribution < -0.4 is 0 Å². The molecule has 0 radical (unpaired) electrons. The molecule has 1 aromatic carbocycles. The van der Waals surface area contributed by atoms with Crippen molar-refractivity contribution in [3.8, 4) is 11.4 Å². The van der Waals surface area contributed by atoms with Crippen molar-refractivity contribution < 1.29 is 4.79 Å². The van der Waals surface area contributed by atoms with Gasteiger partial charge < -0.3 is 4.57 Å². The number of aryl methyl sites for hydroxylation is 1. The number of fused-ring (bicyclic) bond motifs is 1. The highest BCUT2D eigenvalue weighted by atomic mass is 79.9. The fraction of sp³-hybridized carbons (Fsp3) is 0.176. The topological polar surface area (TPSA) is 34.9 Å². The molecule has 0 saturated heterocycles. The minimum atomic E-state index is 0.0818. The second-order valence-electron chi connectivity index (χ2n) is 5.13. The first kappa shape index (κ1) is 14.0. The van der Waals surface area contributed by atoms with E-state index in [-0.39, 0.29) is 12.3 Å². The summed E-state index contributed by atoms with van der Waals surface area (Å²) in [5.74, 6) is 0.941. The fourth-order valence-corrected chi connectivity index (χ4v) is 2.91. The fourth-order valence-electron chi connectivity index (χ4n) is 2.43. The van der Waals surface area contributed by atoms with Gasteiger partial charge in [0.25, 0.3) is 0 Å². The highest BCUT2D eigenvalue weighted by Gasteiger charge is 2.18. The van der Waals surface area contributed by atoms with Crippen LogP contribution in [-0.4, -0.2) is 15.3 Å². The monoisotopic (exact) mass is 342 g/mol. The molecule has 0 spiro atoms. The molecule has 0 saturated carbocycles. The van der Waals surface area contributed by atoms with Crippen molar-refractivity contribution in [2.45, 2.75) is 20.4 Å². The Morgan fingerprint density at radius 2 is 1.95 bits per heavy atom. The van der Waals surface area contributed by atoms with Crippen LogP contribution in [0.25, 0.3) is 11.4 Å². The molecule has 2 heterocycles. The molecule has 0 bridgehead atoms. The van der Waals surface area contributed by atoms with E-state index in [1.165, 1.54) is 0 Å². The third kappa shape index (κ3) is 2.63. The molecule has 0 atom stereocenters. The van der Waals surface area contributed by atoms with Crippen molar-refractivity contribution in [2.24, 2.45) is 0 Å². The van der Waals surface area contributed by atoms with Gasteiger partial charge in [-0.1, -0.05) is 30.3 Å². The van der Waals surface area contributed by atoms with Crippen LogP contribution >= 0.6 is 15.9 Å². The first-order chi connectivity index (χ1) is 10.1. The van der Waals surface area contributed by atoms with Crippen molar-refractivity contribution in [3.05, 3.63) is 63.9 Å². The molecule has 1 aromatic rings. The van der Waals surface area contributed by atoms with Gasteiger partial charge in [-0.2, -0.15) is 0 Å². The molecule has 3 nitrogen and oxygen atoms in total. The summed E-state index contributed by atoms with van der Waals surface area (Å²) in [6, 6.07) is 11.4. The van der Waals surface area contributed by atoms with E-state index in [9.17, 15) is 4.79 Å². The molecule has 106 valence electrons. The largest absolute Gasteiger partial charge is 0.324 e. The molecule has 2 aliphatic heterocycles. The van der Waals surface area contributed by atoms with Gasteiger partial charge in [-0.3, -0.25) is 4.79 Å². The maximum atomic E-state index is 12.4. The smallest absolute Gasteiger partial charge is 0.182 e. The molecular weight excluding hydrogens is 328 g/mol. The third-order valence-corrected chi connectivity index (χ3v) is 4.14. The lowest BCUT2D eigenvalue weighted by molar-refractivity contribution is 0.0972. The lowest BCUT2D eigenvalue weighted by Crippen LogP contribution is -2.13. The van der Waals surface area contributed by atoms with Crippen LogP contribution in [0.5, 0.6) is 0 Å². The maximum absolute atomic E-state index is 12.4. The number of hydrogen-bond donors (Lipinski definition) is 0. The second kappa shape index (κ2) is 5.45. The van der Waals surface area contributed by atoms with Gasteiger partial charge in [-0.05, 0) is 41.4 Å². The van der Waals surface area contributed by atoms with Gasteiger partial charge in [-0.15, -0.1) is 0 Å². The van der Waals surface area contributed by atoms with E-state index in [0.717, 1.165) is 32.7 Å². The number of nitrogens with zero attached hydrogens (tertiary/aromatic N) is 2. The van der Waals surface area contributed by atoms with Crippen molar-refractivity contribution in [3.63, 3.8) is 0 Å². The standard InChI is InChI=1S/C17H15BrN2O/c1-11-12(2)19-17-15(11)8-14(18)9-20(17)10-16(21)13-6-4-3-5-7-13/h3-9H,10H2,1-2H3. The lowest BCUT2D eigenvalue weighted by atomic mass is 10.1. The Balaban J connectivity index is 2.01. The molecule has 0 aliphatic carbocycles. The van der Waals surface area contributed by atoms with Gasteiger partial charge in [0, 0.05) is 27.5 Å². The summed E-state index contributed by atoms with van der Waals surface area (Å²) in [6.07, 6.45) is 1.91. The van der Waals surface area contributed by atoms with E-state index >= 15 is 0 Å². The van der Waals surface area contributed by atoms with E-state index in [2.05, 4.69) is 27.8 Å². The Kier molecular flexibility index (Phi) is 3.64.